The van der Waals surface area contributed by atoms with E-state index in [4.69, 9.17) is 4.52 Å². The summed E-state index contributed by atoms with van der Waals surface area (Å²) in [5, 5.41) is 7.95. The van der Waals surface area contributed by atoms with Gasteiger partial charge in [0, 0.05) is 68.9 Å². The van der Waals surface area contributed by atoms with Gasteiger partial charge in [-0.25, -0.2) is 4.98 Å². The predicted octanol–water partition coefficient (Wildman–Crippen LogP) is 2.72. The highest BCUT2D eigenvalue weighted by atomic mass is 32.1. The summed E-state index contributed by atoms with van der Waals surface area (Å²) < 4.78 is 7.33. The Morgan fingerprint density at radius 3 is 2.83 bits per heavy atom. The molecule has 0 aliphatic carbocycles. The molecule has 4 aromatic heterocycles. The molecule has 154 valence electrons. The van der Waals surface area contributed by atoms with Crippen LogP contribution in [-0.4, -0.2) is 61.4 Å². The molecule has 9 heteroatoms. The summed E-state index contributed by atoms with van der Waals surface area (Å²) in [6.07, 6.45) is 4.94. The van der Waals surface area contributed by atoms with Crippen molar-refractivity contribution in [2.75, 3.05) is 26.2 Å². The number of fused-ring (bicyclic) bond motifs is 1. The number of hydrogen-bond acceptors (Lipinski definition) is 7. The van der Waals surface area contributed by atoms with Gasteiger partial charge in [0.05, 0.1) is 5.69 Å². The molecule has 0 radical (unpaired) electrons. The molecule has 8 nitrogen and oxygen atoms in total. The third-order valence-electron chi connectivity index (χ3n) is 5.32. The number of imidazole rings is 1. The van der Waals surface area contributed by atoms with E-state index in [9.17, 15) is 4.79 Å². The largest absolute Gasteiger partial charge is 0.340 e. The van der Waals surface area contributed by atoms with Gasteiger partial charge >= 0.3 is 0 Å². The molecule has 1 amide bonds. The van der Waals surface area contributed by atoms with Crippen molar-refractivity contribution in [3.05, 3.63) is 59.0 Å². The number of nitrogens with zero attached hydrogens (tertiary/aromatic N) is 6. The Hall–Kier alpha value is -3.04. The molecule has 0 spiro atoms. The molecule has 1 fully saturated rings. The normalized spacial score (nSPS) is 15.1. The Morgan fingerprint density at radius 1 is 1.13 bits per heavy atom. The van der Waals surface area contributed by atoms with Crippen molar-refractivity contribution in [3.8, 4) is 11.4 Å². The van der Waals surface area contributed by atoms with Gasteiger partial charge in [0.15, 0.2) is 0 Å². The molecule has 0 bridgehead atoms. The van der Waals surface area contributed by atoms with E-state index in [2.05, 4.69) is 26.2 Å². The van der Waals surface area contributed by atoms with E-state index < -0.39 is 0 Å². The number of rotatable bonds is 6. The Kier molecular flexibility index (Phi) is 5.29. The zero-order valence-corrected chi connectivity index (χ0v) is 17.3. The molecule has 1 aliphatic rings. The van der Waals surface area contributed by atoms with Crippen LogP contribution in [0, 0.1) is 0 Å². The Balaban J connectivity index is 1.10. The Morgan fingerprint density at radius 2 is 2.03 bits per heavy atom. The minimum Gasteiger partial charge on any atom is -0.340 e. The van der Waals surface area contributed by atoms with E-state index in [0.29, 0.717) is 24.6 Å². The lowest BCUT2D eigenvalue weighted by Crippen LogP contribution is -2.48. The zero-order valence-electron chi connectivity index (χ0n) is 16.5. The quantitative estimate of drug-likeness (QED) is 0.475. The van der Waals surface area contributed by atoms with Crippen LogP contribution in [0.2, 0.25) is 0 Å². The van der Waals surface area contributed by atoms with Crippen molar-refractivity contribution in [1.29, 1.82) is 0 Å². The fraction of sp³-hybridized carbons (Fsp3) is 0.333. The van der Waals surface area contributed by atoms with Crippen LogP contribution in [0.3, 0.4) is 0 Å². The highest BCUT2D eigenvalue weighted by molar-refractivity contribution is 7.08. The van der Waals surface area contributed by atoms with Gasteiger partial charge in [0.25, 0.3) is 0 Å². The molecular weight excluding hydrogens is 400 g/mol. The summed E-state index contributed by atoms with van der Waals surface area (Å²) in [6, 6.07) is 7.96. The maximum Gasteiger partial charge on any atom is 0.227 e. The van der Waals surface area contributed by atoms with Crippen molar-refractivity contribution >= 4 is 22.9 Å². The third kappa shape index (κ3) is 4.12. The summed E-state index contributed by atoms with van der Waals surface area (Å²) in [6.45, 7) is 3.97. The highest BCUT2D eigenvalue weighted by Gasteiger charge is 2.22. The first-order valence-electron chi connectivity index (χ1n) is 10.0. The molecule has 1 saturated heterocycles. The molecule has 0 aromatic carbocycles. The summed E-state index contributed by atoms with van der Waals surface area (Å²) in [5.74, 6) is 1.23. The first-order valence-corrected chi connectivity index (χ1v) is 11.0. The second-order valence-electron chi connectivity index (χ2n) is 7.38. The molecule has 30 heavy (non-hydrogen) atoms. The lowest BCUT2D eigenvalue weighted by Gasteiger charge is -2.34. The number of pyridine rings is 1. The molecule has 0 saturated carbocycles. The number of carbonyl (C=O) groups is 1. The number of amides is 1. The number of piperazine rings is 1. The lowest BCUT2D eigenvalue weighted by molar-refractivity contribution is -0.133. The maximum absolute atomic E-state index is 12.6. The lowest BCUT2D eigenvalue weighted by atomic mass is 10.2. The van der Waals surface area contributed by atoms with E-state index in [1.807, 2.05) is 50.5 Å². The van der Waals surface area contributed by atoms with Crippen LogP contribution < -0.4 is 0 Å². The standard InChI is InChI=1S/C21H22N6O2S/c28-20(5-4-19-23-21(24-29-19)16-6-12-30-15-16)26-10-8-25(9-11-26)13-17-14-27-7-2-1-3-18(27)22-17/h1-3,6-7,12,14-15H,4-5,8-11,13H2. The van der Waals surface area contributed by atoms with E-state index in [0.717, 1.165) is 49.6 Å². The van der Waals surface area contributed by atoms with Crippen molar-refractivity contribution < 1.29 is 9.32 Å². The molecular formula is C21H22N6O2S. The van der Waals surface area contributed by atoms with Crippen LogP contribution in [0.15, 0.2) is 51.9 Å². The van der Waals surface area contributed by atoms with Gasteiger partial charge < -0.3 is 13.8 Å². The van der Waals surface area contributed by atoms with Crippen LogP contribution in [0.4, 0.5) is 0 Å². The molecule has 4 aromatic rings. The molecule has 0 unspecified atom stereocenters. The minimum atomic E-state index is 0.137. The van der Waals surface area contributed by atoms with E-state index >= 15 is 0 Å². The van der Waals surface area contributed by atoms with Crippen molar-refractivity contribution in [1.82, 2.24) is 29.3 Å². The predicted molar refractivity (Wildman–Crippen MR) is 113 cm³/mol. The first-order chi connectivity index (χ1) is 14.7. The third-order valence-corrected chi connectivity index (χ3v) is 6.01. The smallest absolute Gasteiger partial charge is 0.227 e. The minimum absolute atomic E-state index is 0.137. The van der Waals surface area contributed by atoms with Gasteiger partial charge in [-0.3, -0.25) is 9.69 Å². The van der Waals surface area contributed by atoms with E-state index in [1.54, 1.807) is 11.3 Å². The van der Waals surface area contributed by atoms with Crippen LogP contribution in [-0.2, 0) is 17.8 Å². The fourth-order valence-corrected chi connectivity index (χ4v) is 4.32. The van der Waals surface area contributed by atoms with Gasteiger partial charge in [-0.15, -0.1) is 0 Å². The average Bonchev–Trinajstić information content (AvgIpc) is 3.52. The number of aromatic nitrogens is 4. The molecule has 5 rings (SSSR count). The number of aryl methyl sites for hydroxylation is 1. The number of thiophene rings is 1. The van der Waals surface area contributed by atoms with Crippen molar-refractivity contribution in [2.45, 2.75) is 19.4 Å². The van der Waals surface area contributed by atoms with Gasteiger partial charge in [-0.2, -0.15) is 16.3 Å². The first kappa shape index (κ1) is 19.0. The SMILES string of the molecule is O=C(CCc1nc(-c2ccsc2)no1)N1CCN(Cc2cn3ccccc3n2)CC1. The van der Waals surface area contributed by atoms with Crippen LogP contribution in [0.25, 0.3) is 17.0 Å². The van der Waals surface area contributed by atoms with Crippen LogP contribution >= 0.6 is 11.3 Å². The Bertz CT molecular complexity index is 1090. The Labute approximate surface area is 177 Å². The summed E-state index contributed by atoms with van der Waals surface area (Å²) in [5.41, 5.74) is 2.96. The fourth-order valence-electron chi connectivity index (χ4n) is 3.69. The van der Waals surface area contributed by atoms with Crippen LogP contribution in [0.1, 0.15) is 18.0 Å². The van der Waals surface area contributed by atoms with E-state index in [-0.39, 0.29) is 5.91 Å². The van der Waals surface area contributed by atoms with Gasteiger partial charge in [-0.1, -0.05) is 11.2 Å². The summed E-state index contributed by atoms with van der Waals surface area (Å²) in [4.78, 5) is 25.9. The highest BCUT2D eigenvalue weighted by Crippen LogP contribution is 2.19. The topological polar surface area (TPSA) is 79.8 Å². The zero-order chi connectivity index (χ0) is 20.3. The number of hydrogen-bond donors (Lipinski definition) is 0. The summed E-state index contributed by atoms with van der Waals surface area (Å²) >= 11 is 1.59. The molecule has 0 N–H and O–H groups in total. The molecule has 1 aliphatic heterocycles. The van der Waals surface area contributed by atoms with Gasteiger partial charge in [0.1, 0.15) is 5.65 Å². The van der Waals surface area contributed by atoms with Crippen molar-refractivity contribution in [3.63, 3.8) is 0 Å². The monoisotopic (exact) mass is 422 g/mol. The molecule has 5 heterocycles. The van der Waals surface area contributed by atoms with Crippen molar-refractivity contribution in [2.24, 2.45) is 0 Å². The molecule has 0 atom stereocenters. The average molecular weight is 423 g/mol. The van der Waals surface area contributed by atoms with E-state index in [1.165, 1.54) is 0 Å². The second-order valence-corrected chi connectivity index (χ2v) is 8.16. The maximum atomic E-state index is 12.6. The van der Waals surface area contributed by atoms with Crippen LogP contribution in [0.5, 0.6) is 0 Å². The second kappa shape index (κ2) is 8.37. The van der Waals surface area contributed by atoms with Gasteiger partial charge in [0.2, 0.25) is 17.6 Å². The number of carbonyl (C=O) groups excluding carboxylic acids is 1. The summed E-state index contributed by atoms with van der Waals surface area (Å²) in [7, 11) is 0. The van der Waals surface area contributed by atoms with Gasteiger partial charge in [-0.05, 0) is 23.6 Å².